The van der Waals surface area contributed by atoms with Crippen LogP contribution in [-0.4, -0.2) is 24.6 Å². The van der Waals surface area contributed by atoms with E-state index in [9.17, 15) is 0 Å². The van der Waals surface area contributed by atoms with Crippen molar-refractivity contribution in [3.8, 4) is 0 Å². The zero-order chi connectivity index (χ0) is 14.4. The van der Waals surface area contributed by atoms with Crippen molar-refractivity contribution in [2.75, 3.05) is 24.5 Å². The second kappa shape index (κ2) is 7.63. The number of nitrogens with one attached hydrogen (secondary N) is 1. The number of hydrogen-bond acceptors (Lipinski definition) is 3. The Balaban J connectivity index is 1.92. The fraction of sp³-hybridized carbons (Fsp3) is 0.706. The van der Waals surface area contributed by atoms with Gasteiger partial charge in [0, 0.05) is 31.5 Å². The van der Waals surface area contributed by atoms with E-state index in [2.05, 4.69) is 48.1 Å². The second-order valence-corrected chi connectivity index (χ2v) is 6.37. The third kappa shape index (κ3) is 4.48. The number of pyridine rings is 1. The largest absolute Gasteiger partial charge is 0.371 e. The van der Waals surface area contributed by atoms with E-state index in [1.807, 2.05) is 6.20 Å². The molecule has 1 N–H and O–H groups in total. The summed E-state index contributed by atoms with van der Waals surface area (Å²) in [6, 6.07) is 4.39. The van der Waals surface area contributed by atoms with Crippen LogP contribution in [0.5, 0.6) is 0 Å². The van der Waals surface area contributed by atoms with Gasteiger partial charge in [-0.1, -0.05) is 20.3 Å². The first-order valence-electron chi connectivity index (χ1n) is 8.09. The predicted molar refractivity (Wildman–Crippen MR) is 86.0 cm³/mol. The van der Waals surface area contributed by atoms with Crippen LogP contribution < -0.4 is 10.2 Å². The number of nitrogens with zero attached hydrogens (tertiary/aromatic N) is 2. The lowest BCUT2D eigenvalue weighted by Crippen LogP contribution is -2.32. The van der Waals surface area contributed by atoms with Crippen LogP contribution in [0.15, 0.2) is 18.3 Å². The molecule has 1 aromatic heterocycles. The molecule has 0 aromatic carbocycles. The highest BCUT2D eigenvalue weighted by molar-refractivity contribution is 5.46. The first-order valence-corrected chi connectivity index (χ1v) is 8.09. The smallest absolute Gasteiger partial charge is 0.0562 e. The topological polar surface area (TPSA) is 28.2 Å². The van der Waals surface area contributed by atoms with E-state index in [-0.39, 0.29) is 0 Å². The van der Waals surface area contributed by atoms with Crippen molar-refractivity contribution >= 4 is 5.69 Å². The Labute approximate surface area is 123 Å². The molecule has 112 valence electrons. The molecular weight excluding hydrogens is 246 g/mol. The SMILES string of the molecule is CCN(CC1CCC1)c1ccnc(CNCC(C)C)c1. The summed E-state index contributed by atoms with van der Waals surface area (Å²) in [5.41, 5.74) is 2.48. The first kappa shape index (κ1) is 15.3. The molecule has 0 atom stereocenters. The van der Waals surface area contributed by atoms with Crippen LogP contribution in [0.25, 0.3) is 0 Å². The standard InChI is InChI=1S/C17H29N3/c1-4-20(13-15-6-5-7-15)17-8-9-19-16(10-17)12-18-11-14(2)3/h8-10,14-15,18H,4-7,11-13H2,1-3H3. The summed E-state index contributed by atoms with van der Waals surface area (Å²) in [7, 11) is 0. The van der Waals surface area contributed by atoms with E-state index < -0.39 is 0 Å². The van der Waals surface area contributed by atoms with Crippen LogP contribution in [0.3, 0.4) is 0 Å². The predicted octanol–water partition coefficient (Wildman–Crippen LogP) is 3.45. The Hall–Kier alpha value is -1.09. The van der Waals surface area contributed by atoms with Crippen molar-refractivity contribution in [2.24, 2.45) is 11.8 Å². The van der Waals surface area contributed by atoms with Crippen LogP contribution in [0.4, 0.5) is 5.69 Å². The Bertz CT molecular complexity index is 399. The molecule has 0 spiro atoms. The summed E-state index contributed by atoms with van der Waals surface area (Å²) < 4.78 is 0. The zero-order valence-electron chi connectivity index (χ0n) is 13.2. The lowest BCUT2D eigenvalue weighted by molar-refractivity contribution is 0.318. The Morgan fingerprint density at radius 2 is 2.20 bits per heavy atom. The zero-order valence-corrected chi connectivity index (χ0v) is 13.2. The Morgan fingerprint density at radius 1 is 1.40 bits per heavy atom. The summed E-state index contributed by atoms with van der Waals surface area (Å²) in [4.78, 5) is 6.97. The summed E-state index contributed by atoms with van der Waals surface area (Å²) in [6.45, 7) is 10.9. The molecule has 0 radical (unpaired) electrons. The van der Waals surface area contributed by atoms with E-state index in [1.54, 1.807) is 0 Å². The molecule has 0 unspecified atom stereocenters. The van der Waals surface area contributed by atoms with Gasteiger partial charge in [0.25, 0.3) is 0 Å². The summed E-state index contributed by atoms with van der Waals surface area (Å²) in [5, 5.41) is 3.47. The van der Waals surface area contributed by atoms with Gasteiger partial charge in [0.2, 0.25) is 0 Å². The van der Waals surface area contributed by atoms with Crippen LogP contribution in [0.2, 0.25) is 0 Å². The van der Waals surface area contributed by atoms with Crippen molar-refractivity contribution in [3.63, 3.8) is 0 Å². The van der Waals surface area contributed by atoms with E-state index in [1.165, 1.54) is 31.5 Å². The van der Waals surface area contributed by atoms with Crippen LogP contribution in [0.1, 0.15) is 45.7 Å². The molecule has 2 rings (SSSR count). The van der Waals surface area contributed by atoms with Gasteiger partial charge in [-0.25, -0.2) is 0 Å². The maximum atomic E-state index is 4.48. The van der Waals surface area contributed by atoms with Gasteiger partial charge in [-0.2, -0.15) is 0 Å². The molecule has 1 heterocycles. The van der Waals surface area contributed by atoms with Crippen molar-refractivity contribution in [3.05, 3.63) is 24.0 Å². The van der Waals surface area contributed by atoms with Gasteiger partial charge in [0.15, 0.2) is 0 Å². The highest BCUT2D eigenvalue weighted by Gasteiger charge is 2.20. The molecule has 3 nitrogen and oxygen atoms in total. The molecule has 1 fully saturated rings. The molecule has 0 bridgehead atoms. The lowest BCUT2D eigenvalue weighted by Gasteiger charge is -2.33. The van der Waals surface area contributed by atoms with Crippen molar-refractivity contribution in [1.29, 1.82) is 0 Å². The van der Waals surface area contributed by atoms with Gasteiger partial charge in [-0.05, 0) is 50.3 Å². The van der Waals surface area contributed by atoms with Gasteiger partial charge >= 0.3 is 0 Å². The lowest BCUT2D eigenvalue weighted by atomic mass is 9.85. The minimum absolute atomic E-state index is 0.684. The average molecular weight is 275 g/mol. The molecule has 1 aliphatic carbocycles. The average Bonchev–Trinajstić information content (AvgIpc) is 2.37. The summed E-state index contributed by atoms with van der Waals surface area (Å²) in [5.74, 6) is 1.59. The molecule has 1 saturated carbocycles. The molecule has 0 amide bonds. The third-order valence-corrected chi connectivity index (χ3v) is 4.11. The number of anilines is 1. The molecule has 0 aliphatic heterocycles. The normalized spacial score (nSPS) is 15.4. The fourth-order valence-electron chi connectivity index (χ4n) is 2.65. The van der Waals surface area contributed by atoms with Gasteiger partial charge in [0.1, 0.15) is 0 Å². The highest BCUT2D eigenvalue weighted by Crippen LogP contribution is 2.28. The van der Waals surface area contributed by atoms with Gasteiger partial charge in [0.05, 0.1) is 5.69 Å². The fourth-order valence-corrected chi connectivity index (χ4v) is 2.65. The Kier molecular flexibility index (Phi) is 5.84. The molecule has 1 aromatic rings. The van der Waals surface area contributed by atoms with Crippen molar-refractivity contribution in [1.82, 2.24) is 10.3 Å². The number of hydrogen-bond donors (Lipinski definition) is 1. The Morgan fingerprint density at radius 3 is 2.80 bits per heavy atom. The number of aromatic nitrogens is 1. The monoisotopic (exact) mass is 275 g/mol. The van der Waals surface area contributed by atoms with Gasteiger partial charge in [-0.3, -0.25) is 4.98 Å². The van der Waals surface area contributed by atoms with E-state index in [0.29, 0.717) is 5.92 Å². The first-order chi connectivity index (χ1) is 9.69. The molecule has 1 aliphatic rings. The third-order valence-electron chi connectivity index (χ3n) is 4.11. The maximum absolute atomic E-state index is 4.48. The van der Waals surface area contributed by atoms with Crippen molar-refractivity contribution < 1.29 is 0 Å². The quantitative estimate of drug-likeness (QED) is 0.787. The molecule has 3 heteroatoms. The van der Waals surface area contributed by atoms with Gasteiger partial charge < -0.3 is 10.2 Å². The summed E-state index contributed by atoms with van der Waals surface area (Å²) >= 11 is 0. The molecular formula is C17H29N3. The van der Waals surface area contributed by atoms with Crippen LogP contribution in [-0.2, 0) is 6.54 Å². The van der Waals surface area contributed by atoms with E-state index in [4.69, 9.17) is 0 Å². The van der Waals surface area contributed by atoms with E-state index in [0.717, 1.165) is 31.2 Å². The maximum Gasteiger partial charge on any atom is 0.0562 e. The van der Waals surface area contributed by atoms with Gasteiger partial charge in [-0.15, -0.1) is 0 Å². The van der Waals surface area contributed by atoms with Crippen molar-refractivity contribution in [2.45, 2.75) is 46.6 Å². The van der Waals surface area contributed by atoms with Crippen LogP contribution in [0, 0.1) is 11.8 Å². The highest BCUT2D eigenvalue weighted by atomic mass is 15.1. The minimum Gasteiger partial charge on any atom is -0.371 e. The van der Waals surface area contributed by atoms with E-state index >= 15 is 0 Å². The molecule has 0 saturated heterocycles. The minimum atomic E-state index is 0.684. The molecule has 20 heavy (non-hydrogen) atoms. The second-order valence-electron chi connectivity index (χ2n) is 6.37. The summed E-state index contributed by atoms with van der Waals surface area (Å²) in [6.07, 6.45) is 6.18. The van der Waals surface area contributed by atoms with Crippen LogP contribution >= 0.6 is 0 Å². The number of rotatable bonds is 8.